The Kier molecular flexibility index (Phi) is 2.93. The number of halogens is 2. The third-order valence-corrected chi connectivity index (χ3v) is 6.18. The molecule has 0 saturated heterocycles. The maximum absolute atomic E-state index is 13.8. The first kappa shape index (κ1) is 13.3. The van der Waals surface area contributed by atoms with Gasteiger partial charge in [0, 0.05) is 16.1 Å². The van der Waals surface area contributed by atoms with Gasteiger partial charge in [-0.3, -0.25) is 0 Å². The van der Waals surface area contributed by atoms with Crippen LogP contribution in [0, 0.1) is 22.6 Å². The largest absolute Gasteiger partial charge is 0.472 e. The van der Waals surface area contributed by atoms with Crippen molar-refractivity contribution in [2.24, 2.45) is 16.7 Å². The van der Waals surface area contributed by atoms with Crippen molar-refractivity contribution in [1.82, 2.24) is 4.98 Å². The minimum atomic E-state index is -0.390. The highest BCUT2D eigenvalue weighted by molar-refractivity contribution is 9.10. The summed E-state index contributed by atoms with van der Waals surface area (Å²) in [6.07, 6.45) is 5.09. The van der Waals surface area contributed by atoms with Gasteiger partial charge in [-0.15, -0.1) is 0 Å². The van der Waals surface area contributed by atoms with E-state index in [9.17, 15) is 4.39 Å². The van der Waals surface area contributed by atoms with Crippen LogP contribution in [-0.4, -0.2) is 11.1 Å². The van der Waals surface area contributed by atoms with Crippen LogP contribution in [0.5, 0.6) is 5.88 Å². The van der Waals surface area contributed by atoms with Crippen LogP contribution in [0.1, 0.15) is 40.0 Å². The van der Waals surface area contributed by atoms with Gasteiger partial charge in [-0.05, 0) is 52.6 Å². The van der Waals surface area contributed by atoms with E-state index in [2.05, 4.69) is 41.7 Å². The highest BCUT2D eigenvalue weighted by atomic mass is 79.9. The van der Waals surface area contributed by atoms with Crippen LogP contribution in [0.15, 0.2) is 16.7 Å². The van der Waals surface area contributed by atoms with Crippen molar-refractivity contribution in [2.45, 2.75) is 46.1 Å². The smallest absolute Gasteiger partial charge is 0.250 e. The molecule has 2 nitrogen and oxygen atoms in total. The molecule has 0 aliphatic heterocycles. The Balaban J connectivity index is 1.86. The number of rotatable bonds is 2. The summed E-state index contributed by atoms with van der Waals surface area (Å²) in [6.45, 7) is 6.92. The molecule has 104 valence electrons. The number of aromatic nitrogens is 1. The van der Waals surface area contributed by atoms with Gasteiger partial charge >= 0.3 is 0 Å². The molecule has 0 amide bonds. The Labute approximate surface area is 121 Å². The zero-order valence-corrected chi connectivity index (χ0v) is 13.1. The predicted octanol–water partition coefficient (Wildman–Crippen LogP) is 4.58. The zero-order chi connectivity index (χ0) is 13.8. The first-order valence-corrected chi connectivity index (χ1v) is 7.61. The van der Waals surface area contributed by atoms with E-state index >= 15 is 0 Å². The first-order valence-electron chi connectivity index (χ1n) is 6.82. The minimum absolute atomic E-state index is 0.0735. The van der Waals surface area contributed by atoms with Crippen molar-refractivity contribution in [3.63, 3.8) is 0 Å². The molecule has 3 unspecified atom stereocenters. The molecule has 2 aliphatic carbocycles. The predicted molar refractivity (Wildman–Crippen MR) is 75.5 cm³/mol. The van der Waals surface area contributed by atoms with Gasteiger partial charge in [0.25, 0.3) is 5.88 Å². The Morgan fingerprint density at radius 2 is 2.16 bits per heavy atom. The molecule has 1 aromatic heterocycles. The number of hydrogen-bond donors (Lipinski definition) is 0. The van der Waals surface area contributed by atoms with E-state index in [4.69, 9.17) is 4.74 Å². The van der Waals surface area contributed by atoms with Gasteiger partial charge in [-0.1, -0.05) is 20.8 Å². The van der Waals surface area contributed by atoms with Crippen LogP contribution in [0.4, 0.5) is 4.39 Å². The summed E-state index contributed by atoms with van der Waals surface area (Å²) in [5.41, 5.74) is 0.391. The normalized spacial score (nSPS) is 35.6. The van der Waals surface area contributed by atoms with Gasteiger partial charge in [0.15, 0.2) is 5.82 Å². The Morgan fingerprint density at radius 3 is 2.68 bits per heavy atom. The molecule has 3 atom stereocenters. The van der Waals surface area contributed by atoms with Gasteiger partial charge in [0.1, 0.15) is 6.10 Å². The average Bonchev–Trinajstić information content (AvgIpc) is 2.65. The second-order valence-corrected chi connectivity index (χ2v) is 7.57. The van der Waals surface area contributed by atoms with Crippen LogP contribution in [0.25, 0.3) is 0 Å². The molecule has 2 aliphatic rings. The number of pyridine rings is 1. The van der Waals surface area contributed by atoms with Crippen molar-refractivity contribution in [1.29, 1.82) is 0 Å². The summed E-state index contributed by atoms with van der Waals surface area (Å²) in [5.74, 6) is 0.428. The van der Waals surface area contributed by atoms with Crippen LogP contribution in [0.3, 0.4) is 0 Å². The molecular formula is C15H19BrFNO. The molecule has 0 radical (unpaired) electrons. The fraction of sp³-hybridized carbons (Fsp3) is 0.667. The van der Waals surface area contributed by atoms with Gasteiger partial charge < -0.3 is 4.74 Å². The highest BCUT2D eigenvalue weighted by Crippen LogP contribution is 2.66. The fourth-order valence-electron chi connectivity index (χ4n) is 3.93. The van der Waals surface area contributed by atoms with Gasteiger partial charge in [-0.2, -0.15) is 0 Å². The number of hydrogen-bond acceptors (Lipinski definition) is 2. The summed E-state index contributed by atoms with van der Waals surface area (Å²) >= 11 is 3.21. The molecule has 0 aromatic carbocycles. The minimum Gasteiger partial charge on any atom is -0.472 e. The molecule has 1 aromatic rings. The molecule has 2 bridgehead atoms. The van der Waals surface area contributed by atoms with Crippen molar-refractivity contribution >= 4 is 15.9 Å². The van der Waals surface area contributed by atoms with Crippen LogP contribution < -0.4 is 4.74 Å². The number of fused-ring (bicyclic) bond motifs is 2. The Bertz CT molecular complexity index is 519. The maximum Gasteiger partial charge on any atom is 0.250 e. The van der Waals surface area contributed by atoms with Gasteiger partial charge in [-0.25, -0.2) is 9.37 Å². The van der Waals surface area contributed by atoms with E-state index in [0.717, 1.165) is 12.8 Å². The maximum atomic E-state index is 13.8. The monoisotopic (exact) mass is 327 g/mol. The summed E-state index contributed by atoms with van der Waals surface area (Å²) in [4.78, 5) is 4.06. The SMILES string of the molecule is CC1(C)C2CCC1(C)C(Oc1ncc(Br)cc1F)C2. The fourth-order valence-corrected chi connectivity index (χ4v) is 4.24. The molecule has 2 saturated carbocycles. The lowest BCUT2D eigenvalue weighted by molar-refractivity contribution is 0.0247. The number of ether oxygens (including phenoxy) is 1. The molecule has 1 heterocycles. The van der Waals surface area contributed by atoms with E-state index in [-0.39, 0.29) is 22.8 Å². The Morgan fingerprint density at radius 1 is 1.42 bits per heavy atom. The average molecular weight is 328 g/mol. The van der Waals surface area contributed by atoms with Crippen LogP contribution in [-0.2, 0) is 0 Å². The van der Waals surface area contributed by atoms with Crippen molar-refractivity contribution in [3.05, 3.63) is 22.6 Å². The molecule has 0 spiro atoms. The summed E-state index contributed by atoms with van der Waals surface area (Å²) < 4.78 is 20.4. The lowest BCUT2D eigenvalue weighted by Crippen LogP contribution is -2.39. The van der Waals surface area contributed by atoms with E-state index in [1.54, 1.807) is 6.20 Å². The molecule has 0 N–H and O–H groups in total. The van der Waals surface area contributed by atoms with Gasteiger partial charge in [0.05, 0.1) is 0 Å². The summed E-state index contributed by atoms with van der Waals surface area (Å²) in [6, 6.07) is 1.41. The van der Waals surface area contributed by atoms with Crippen molar-refractivity contribution in [3.8, 4) is 5.88 Å². The third-order valence-electron chi connectivity index (χ3n) is 5.74. The van der Waals surface area contributed by atoms with E-state index in [1.807, 2.05) is 0 Å². The topological polar surface area (TPSA) is 22.1 Å². The van der Waals surface area contributed by atoms with Gasteiger partial charge in [0.2, 0.25) is 0 Å². The molecule has 3 rings (SSSR count). The zero-order valence-electron chi connectivity index (χ0n) is 11.5. The second kappa shape index (κ2) is 4.18. The summed E-state index contributed by atoms with van der Waals surface area (Å²) in [5, 5.41) is 0. The lowest BCUT2D eigenvalue weighted by Gasteiger charge is -2.38. The molecular weight excluding hydrogens is 309 g/mol. The van der Waals surface area contributed by atoms with Crippen molar-refractivity contribution < 1.29 is 9.13 Å². The number of nitrogens with zero attached hydrogens (tertiary/aromatic N) is 1. The lowest BCUT2D eigenvalue weighted by atomic mass is 9.70. The quantitative estimate of drug-likeness (QED) is 0.793. The summed E-state index contributed by atoms with van der Waals surface area (Å²) in [7, 11) is 0. The molecule has 2 fully saturated rings. The molecule has 4 heteroatoms. The second-order valence-electron chi connectivity index (χ2n) is 6.66. The standard InChI is InChI=1S/C15H19BrFNO/c1-14(2)9-4-5-15(14,3)12(6-9)19-13-11(17)7-10(16)8-18-13/h7-9,12H,4-6H2,1-3H3. The van der Waals surface area contributed by atoms with Crippen LogP contribution in [0.2, 0.25) is 0 Å². The Hall–Kier alpha value is -0.640. The highest BCUT2D eigenvalue weighted by Gasteiger charge is 2.62. The first-order chi connectivity index (χ1) is 8.84. The van der Waals surface area contributed by atoms with Crippen molar-refractivity contribution in [2.75, 3.05) is 0 Å². The third kappa shape index (κ3) is 1.83. The molecule has 19 heavy (non-hydrogen) atoms. The van der Waals surface area contributed by atoms with E-state index in [1.165, 1.54) is 12.5 Å². The van der Waals surface area contributed by atoms with E-state index < -0.39 is 5.82 Å². The van der Waals surface area contributed by atoms with E-state index in [0.29, 0.717) is 10.4 Å². The van der Waals surface area contributed by atoms with Crippen LogP contribution >= 0.6 is 15.9 Å².